The molecule has 0 radical (unpaired) electrons. The van der Waals surface area contributed by atoms with E-state index < -0.39 is 0 Å². The van der Waals surface area contributed by atoms with Crippen molar-refractivity contribution in [2.75, 3.05) is 5.32 Å². The largest absolute Gasteiger partial charge is 0.323 e. The third kappa shape index (κ3) is 3.50. The van der Waals surface area contributed by atoms with Crippen LogP contribution < -0.4 is 5.32 Å². The first-order valence-electron chi connectivity index (χ1n) is 4.86. The maximum Gasteiger partial charge on any atom is 0.237 e. The molecule has 1 N–H and O–H groups in total. The van der Waals surface area contributed by atoms with Gasteiger partial charge in [-0.2, -0.15) is 12.6 Å². The van der Waals surface area contributed by atoms with Crippen molar-refractivity contribution in [1.82, 2.24) is 0 Å². The molecule has 1 amide bonds. The van der Waals surface area contributed by atoms with Crippen LogP contribution in [0.3, 0.4) is 0 Å². The maximum atomic E-state index is 11.8. The molecule has 0 fully saturated rings. The number of carbonyl (C=O) groups excluding carboxylic acids is 1. The summed E-state index contributed by atoms with van der Waals surface area (Å²) in [4.78, 5) is 11.8. The van der Waals surface area contributed by atoms with Crippen LogP contribution in [0.1, 0.15) is 13.8 Å². The molecule has 0 aliphatic rings. The zero-order chi connectivity index (χ0) is 12.3. The van der Waals surface area contributed by atoms with Gasteiger partial charge >= 0.3 is 0 Å². The Morgan fingerprint density at radius 2 is 1.81 bits per heavy atom. The van der Waals surface area contributed by atoms with Crippen LogP contribution in [0.5, 0.6) is 0 Å². The smallest absolute Gasteiger partial charge is 0.237 e. The number of carbonyl (C=O) groups is 1. The summed E-state index contributed by atoms with van der Waals surface area (Å²) in [6.45, 7) is 3.93. The lowest BCUT2D eigenvalue weighted by Crippen LogP contribution is -2.27. The molecule has 1 aromatic carbocycles. The van der Waals surface area contributed by atoms with Gasteiger partial charge in [0, 0.05) is 8.95 Å². The minimum Gasteiger partial charge on any atom is -0.323 e. The van der Waals surface area contributed by atoms with Crippen molar-refractivity contribution in [1.29, 1.82) is 0 Å². The van der Waals surface area contributed by atoms with Crippen molar-refractivity contribution in [2.45, 2.75) is 19.1 Å². The van der Waals surface area contributed by atoms with Crippen molar-refractivity contribution >= 4 is 56.1 Å². The normalized spacial score (nSPS) is 12.6. The van der Waals surface area contributed by atoms with E-state index in [0.29, 0.717) is 0 Å². The van der Waals surface area contributed by atoms with Crippen LogP contribution in [0.15, 0.2) is 27.1 Å². The molecule has 2 nitrogen and oxygen atoms in total. The Balaban J connectivity index is 2.85. The van der Waals surface area contributed by atoms with Crippen molar-refractivity contribution < 1.29 is 4.79 Å². The van der Waals surface area contributed by atoms with Crippen LogP contribution in [-0.2, 0) is 4.79 Å². The molecule has 0 saturated heterocycles. The van der Waals surface area contributed by atoms with Gasteiger partial charge in [0.25, 0.3) is 0 Å². The van der Waals surface area contributed by atoms with Crippen LogP contribution in [-0.4, -0.2) is 11.2 Å². The molecule has 5 heteroatoms. The van der Waals surface area contributed by atoms with Gasteiger partial charge in [0.05, 0.1) is 10.9 Å². The molecule has 0 heterocycles. The molecule has 0 bridgehead atoms. The summed E-state index contributed by atoms with van der Waals surface area (Å²) in [6, 6.07) is 5.65. The number of nitrogens with one attached hydrogen (secondary N) is 1. The van der Waals surface area contributed by atoms with E-state index in [1.165, 1.54) is 0 Å². The summed E-state index contributed by atoms with van der Waals surface area (Å²) in [5, 5.41) is 2.54. The molecular formula is C11H13Br2NOS. The lowest BCUT2D eigenvalue weighted by atomic mass is 10.1. The molecule has 0 aromatic heterocycles. The molecule has 0 aliphatic heterocycles. The third-order valence-corrected chi connectivity index (χ3v) is 4.26. The second kappa shape index (κ2) is 6.07. The fourth-order valence-electron chi connectivity index (χ4n) is 1.12. The second-order valence-corrected chi connectivity index (χ2v) is 6.04. The van der Waals surface area contributed by atoms with Gasteiger partial charge in [-0.05, 0) is 49.9 Å². The van der Waals surface area contributed by atoms with Gasteiger partial charge in [-0.15, -0.1) is 0 Å². The molecule has 1 atom stereocenters. The van der Waals surface area contributed by atoms with E-state index in [0.717, 1.165) is 14.6 Å². The van der Waals surface area contributed by atoms with Gasteiger partial charge in [-0.25, -0.2) is 0 Å². The zero-order valence-corrected chi connectivity index (χ0v) is 13.1. The second-order valence-electron chi connectivity index (χ2n) is 3.77. The predicted molar refractivity (Wildman–Crippen MR) is 78.1 cm³/mol. The van der Waals surface area contributed by atoms with E-state index in [4.69, 9.17) is 0 Å². The van der Waals surface area contributed by atoms with Gasteiger partial charge < -0.3 is 5.32 Å². The number of rotatable bonds is 3. The highest BCUT2D eigenvalue weighted by Gasteiger charge is 2.19. The fraction of sp³-hybridized carbons (Fsp3) is 0.364. The highest BCUT2D eigenvalue weighted by atomic mass is 79.9. The van der Waals surface area contributed by atoms with Crippen molar-refractivity contribution in [2.24, 2.45) is 5.92 Å². The van der Waals surface area contributed by atoms with E-state index in [-0.39, 0.29) is 17.1 Å². The first-order chi connectivity index (χ1) is 7.43. The number of amides is 1. The van der Waals surface area contributed by atoms with Crippen molar-refractivity contribution in [3.05, 3.63) is 27.1 Å². The summed E-state index contributed by atoms with van der Waals surface area (Å²) in [5.41, 5.74) is 0.743. The average Bonchev–Trinajstić information content (AvgIpc) is 2.22. The maximum absolute atomic E-state index is 11.8. The standard InChI is InChI=1S/C11H13Br2NOS/c1-6(2)10(16)11(15)14-9-7(12)4-3-5-8(9)13/h3-6,10,16H,1-2H3,(H,14,15). The molecular weight excluding hydrogens is 354 g/mol. The van der Waals surface area contributed by atoms with Gasteiger partial charge in [-0.1, -0.05) is 19.9 Å². The molecule has 0 aliphatic carbocycles. The van der Waals surface area contributed by atoms with Crippen LogP contribution in [0.25, 0.3) is 0 Å². The summed E-state index contributed by atoms with van der Waals surface area (Å²) in [5.74, 6) is 0.107. The Morgan fingerprint density at radius 1 is 1.31 bits per heavy atom. The van der Waals surface area contributed by atoms with Crippen molar-refractivity contribution in [3.8, 4) is 0 Å². The Bertz CT molecular complexity index is 375. The quantitative estimate of drug-likeness (QED) is 0.774. The number of para-hydroxylation sites is 1. The predicted octanol–water partition coefficient (Wildman–Crippen LogP) is 4.10. The van der Waals surface area contributed by atoms with Gasteiger partial charge in [0.2, 0.25) is 5.91 Å². The number of benzene rings is 1. The monoisotopic (exact) mass is 365 g/mol. The Kier molecular flexibility index (Phi) is 5.34. The van der Waals surface area contributed by atoms with Crippen LogP contribution >= 0.6 is 44.5 Å². The highest BCUT2D eigenvalue weighted by Crippen LogP contribution is 2.31. The van der Waals surface area contributed by atoms with Crippen molar-refractivity contribution in [3.63, 3.8) is 0 Å². The fourth-order valence-corrected chi connectivity index (χ4v) is 2.38. The first kappa shape index (κ1) is 14.1. The number of hydrogen-bond acceptors (Lipinski definition) is 2. The molecule has 0 saturated carbocycles. The summed E-state index contributed by atoms with van der Waals surface area (Å²) < 4.78 is 1.69. The third-order valence-electron chi connectivity index (χ3n) is 2.11. The molecule has 0 spiro atoms. The molecule has 1 rings (SSSR count). The van der Waals surface area contributed by atoms with E-state index in [2.05, 4.69) is 49.8 Å². The Hall–Kier alpha value is -0.000000000000000111. The van der Waals surface area contributed by atoms with E-state index in [9.17, 15) is 4.79 Å². The molecule has 88 valence electrons. The first-order valence-corrected chi connectivity index (χ1v) is 6.96. The highest BCUT2D eigenvalue weighted by molar-refractivity contribution is 9.11. The lowest BCUT2D eigenvalue weighted by Gasteiger charge is -2.16. The molecule has 16 heavy (non-hydrogen) atoms. The summed E-state index contributed by atoms with van der Waals surface area (Å²) >= 11 is 11.1. The number of halogens is 2. The number of hydrogen-bond donors (Lipinski definition) is 2. The van der Waals surface area contributed by atoms with Gasteiger partial charge in [-0.3, -0.25) is 4.79 Å². The van der Waals surface area contributed by atoms with E-state index >= 15 is 0 Å². The minimum atomic E-state index is -0.306. The molecule has 1 aromatic rings. The minimum absolute atomic E-state index is 0.0917. The molecule has 1 unspecified atom stereocenters. The lowest BCUT2D eigenvalue weighted by molar-refractivity contribution is -0.116. The zero-order valence-electron chi connectivity index (χ0n) is 9.00. The van der Waals surface area contributed by atoms with E-state index in [1.54, 1.807) is 0 Å². The van der Waals surface area contributed by atoms with Crippen LogP contribution in [0.2, 0.25) is 0 Å². The van der Waals surface area contributed by atoms with Crippen LogP contribution in [0.4, 0.5) is 5.69 Å². The SMILES string of the molecule is CC(C)C(S)C(=O)Nc1c(Br)cccc1Br. The van der Waals surface area contributed by atoms with Gasteiger partial charge in [0.15, 0.2) is 0 Å². The average molecular weight is 367 g/mol. The topological polar surface area (TPSA) is 29.1 Å². The Morgan fingerprint density at radius 3 is 2.25 bits per heavy atom. The van der Waals surface area contributed by atoms with Gasteiger partial charge in [0.1, 0.15) is 0 Å². The Labute approximate surface area is 118 Å². The summed E-state index contributed by atoms with van der Waals surface area (Å²) in [7, 11) is 0. The van der Waals surface area contributed by atoms with E-state index in [1.807, 2.05) is 32.0 Å². The number of thiol groups is 1. The van der Waals surface area contributed by atoms with Crippen LogP contribution in [0, 0.1) is 5.92 Å². The summed E-state index contributed by atoms with van der Waals surface area (Å²) in [6.07, 6.45) is 0. The number of anilines is 1.